The lowest BCUT2D eigenvalue weighted by Gasteiger charge is -2.26. The van der Waals surface area contributed by atoms with Gasteiger partial charge in [0.05, 0.1) is 11.5 Å². The summed E-state index contributed by atoms with van der Waals surface area (Å²) in [5, 5.41) is 28.9. The van der Waals surface area contributed by atoms with Crippen LogP contribution in [0.1, 0.15) is 24.3 Å². The largest absolute Gasteiger partial charge is 0.477 e. The van der Waals surface area contributed by atoms with E-state index < -0.39 is 10.9 Å². The number of anilines is 1. The lowest BCUT2D eigenvalue weighted by molar-refractivity contribution is -0.384. The van der Waals surface area contributed by atoms with Crippen LogP contribution in [0, 0.1) is 10.1 Å². The van der Waals surface area contributed by atoms with E-state index in [9.17, 15) is 14.9 Å². The standard InChI is InChI=1S/C11H15N3O5/c1-7(2)13(5-6-15)10-9(14(18)19)4-3-8(12-10)11(16)17/h3-4,7,15H,5-6H2,1-2H3,(H,16,17). The van der Waals surface area contributed by atoms with Crippen LogP contribution in [0.2, 0.25) is 0 Å². The highest BCUT2D eigenvalue weighted by molar-refractivity contribution is 5.86. The molecular weight excluding hydrogens is 254 g/mol. The van der Waals surface area contributed by atoms with Crippen LogP contribution in [0.3, 0.4) is 0 Å². The second-order valence-corrected chi connectivity index (χ2v) is 4.11. The van der Waals surface area contributed by atoms with Crippen molar-refractivity contribution in [1.82, 2.24) is 4.98 Å². The third-order valence-electron chi connectivity index (χ3n) is 2.51. The molecule has 0 bridgehead atoms. The highest BCUT2D eigenvalue weighted by Gasteiger charge is 2.24. The first kappa shape index (κ1) is 14.8. The summed E-state index contributed by atoms with van der Waals surface area (Å²) < 4.78 is 0. The fourth-order valence-corrected chi connectivity index (χ4v) is 1.63. The third kappa shape index (κ3) is 3.38. The van der Waals surface area contributed by atoms with Crippen molar-refractivity contribution in [3.05, 3.63) is 27.9 Å². The second-order valence-electron chi connectivity index (χ2n) is 4.11. The van der Waals surface area contributed by atoms with E-state index in [-0.39, 0.29) is 36.4 Å². The number of nitro groups is 1. The first-order chi connectivity index (χ1) is 8.88. The van der Waals surface area contributed by atoms with Crippen LogP contribution in [0.25, 0.3) is 0 Å². The Bertz CT molecular complexity index is 489. The number of carboxylic acid groups (broad SMARTS) is 1. The molecule has 8 nitrogen and oxygen atoms in total. The molecule has 0 saturated heterocycles. The van der Waals surface area contributed by atoms with Gasteiger partial charge in [-0.25, -0.2) is 9.78 Å². The Morgan fingerprint density at radius 3 is 2.58 bits per heavy atom. The Labute approximate surface area is 109 Å². The van der Waals surface area contributed by atoms with Crippen LogP contribution in [0.15, 0.2) is 12.1 Å². The number of rotatable bonds is 6. The van der Waals surface area contributed by atoms with Gasteiger partial charge in [-0.05, 0) is 19.9 Å². The highest BCUT2D eigenvalue weighted by atomic mass is 16.6. The van der Waals surface area contributed by atoms with E-state index in [4.69, 9.17) is 10.2 Å². The SMILES string of the molecule is CC(C)N(CCO)c1nc(C(=O)O)ccc1[N+](=O)[O-]. The molecule has 0 radical (unpaired) electrons. The van der Waals surface area contributed by atoms with Gasteiger partial charge in [0.1, 0.15) is 0 Å². The van der Waals surface area contributed by atoms with Crippen molar-refractivity contribution in [2.75, 3.05) is 18.1 Å². The number of aromatic nitrogens is 1. The summed E-state index contributed by atoms with van der Waals surface area (Å²) in [5.41, 5.74) is -0.559. The molecule has 19 heavy (non-hydrogen) atoms. The van der Waals surface area contributed by atoms with E-state index in [1.807, 2.05) is 0 Å². The molecule has 0 aliphatic heterocycles. The zero-order valence-corrected chi connectivity index (χ0v) is 10.6. The van der Waals surface area contributed by atoms with Crippen LogP contribution in [0.4, 0.5) is 11.5 Å². The molecule has 8 heteroatoms. The van der Waals surface area contributed by atoms with Gasteiger partial charge in [0, 0.05) is 18.7 Å². The highest BCUT2D eigenvalue weighted by Crippen LogP contribution is 2.27. The van der Waals surface area contributed by atoms with E-state index in [1.165, 1.54) is 4.90 Å². The molecule has 0 saturated carbocycles. The maximum Gasteiger partial charge on any atom is 0.354 e. The molecule has 1 aromatic rings. The predicted octanol–water partition coefficient (Wildman–Crippen LogP) is 0.895. The minimum absolute atomic E-state index is 0.0473. The van der Waals surface area contributed by atoms with Crippen molar-refractivity contribution in [2.24, 2.45) is 0 Å². The zero-order chi connectivity index (χ0) is 14.6. The molecule has 0 spiro atoms. The average molecular weight is 269 g/mol. The maximum atomic E-state index is 11.0. The van der Waals surface area contributed by atoms with Gasteiger partial charge in [0.25, 0.3) is 0 Å². The quantitative estimate of drug-likeness (QED) is 0.581. The van der Waals surface area contributed by atoms with Crippen molar-refractivity contribution in [3.8, 4) is 0 Å². The number of hydrogen-bond donors (Lipinski definition) is 2. The lowest BCUT2D eigenvalue weighted by Crippen LogP contribution is -2.35. The number of aromatic carboxylic acids is 1. The number of carbonyl (C=O) groups is 1. The minimum Gasteiger partial charge on any atom is -0.477 e. The van der Waals surface area contributed by atoms with E-state index >= 15 is 0 Å². The van der Waals surface area contributed by atoms with Gasteiger partial charge in [-0.1, -0.05) is 0 Å². The number of carboxylic acids is 1. The van der Waals surface area contributed by atoms with Crippen LogP contribution in [0.5, 0.6) is 0 Å². The zero-order valence-electron chi connectivity index (χ0n) is 10.6. The van der Waals surface area contributed by atoms with Crippen LogP contribution in [-0.2, 0) is 0 Å². The Hall–Kier alpha value is -2.22. The number of aliphatic hydroxyl groups excluding tert-OH is 1. The summed E-state index contributed by atoms with van der Waals surface area (Å²) in [6.07, 6.45) is 0. The Morgan fingerprint density at radius 1 is 1.53 bits per heavy atom. The van der Waals surface area contributed by atoms with Gasteiger partial charge in [-0.3, -0.25) is 10.1 Å². The fourth-order valence-electron chi connectivity index (χ4n) is 1.63. The third-order valence-corrected chi connectivity index (χ3v) is 2.51. The summed E-state index contributed by atoms with van der Waals surface area (Å²) in [7, 11) is 0. The molecule has 0 aromatic carbocycles. The number of pyridine rings is 1. The second kappa shape index (κ2) is 6.10. The first-order valence-corrected chi connectivity index (χ1v) is 5.64. The topological polar surface area (TPSA) is 117 Å². The molecule has 0 amide bonds. The van der Waals surface area contributed by atoms with Crippen LogP contribution < -0.4 is 4.90 Å². The molecular formula is C11H15N3O5. The lowest BCUT2D eigenvalue weighted by atomic mass is 10.2. The summed E-state index contributed by atoms with van der Waals surface area (Å²) in [6, 6.07) is 2.03. The van der Waals surface area contributed by atoms with Crippen LogP contribution in [-0.4, -0.2) is 45.3 Å². The summed E-state index contributed by atoms with van der Waals surface area (Å²) in [6.45, 7) is 3.46. The van der Waals surface area contributed by atoms with Gasteiger partial charge >= 0.3 is 11.7 Å². The molecule has 0 atom stereocenters. The van der Waals surface area contributed by atoms with Gasteiger partial charge in [0.15, 0.2) is 5.69 Å². The first-order valence-electron chi connectivity index (χ1n) is 5.64. The Kier molecular flexibility index (Phi) is 4.76. The molecule has 1 heterocycles. The van der Waals surface area contributed by atoms with Gasteiger partial charge in [-0.15, -0.1) is 0 Å². The number of aliphatic hydroxyl groups is 1. The van der Waals surface area contributed by atoms with Crippen molar-refractivity contribution < 1.29 is 19.9 Å². The molecule has 1 rings (SSSR count). The fraction of sp³-hybridized carbons (Fsp3) is 0.455. The summed E-state index contributed by atoms with van der Waals surface area (Å²) in [4.78, 5) is 26.5. The normalized spacial score (nSPS) is 10.5. The Balaban J connectivity index is 3.37. The molecule has 0 fully saturated rings. The van der Waals surface area contributed by atoms with E-state index in [0.717, 1.165) is 12.1 Å². The van der Waals surface area contributed by atoms with Crippen molar-refractivity contribution in [3.63, 3.8) is 0 Å². The van der Waals surface area contributed by atoms with Gasteiger partial charge in [-0.2, -0.15) is 0 Å². The van der Waals surface area contributed by atoms with E-state index in [2.05, 4.69) is 4.98 Å². The summed E-state index contributed by atoms with van der Waals surface area (Å²) in [5.74, 6) is -1.31. The van der Waals surface area contributed by atoms with Gasteiger partial charge in [0.2, 0.25) is 5.82 Å². The van der Waals surface area contributed by atoms with Crippen LogP contribution >= 0.6 is 0 Å². The molecule has 0 aliphatic carbocycles. The minimum atomic E-state index is -1.26. The van der Waals surface area contributed by atoms with E-state index in [1.54, 1.807) is 13.8 Å². The molecule has 2 N–H and O–H groups in total. The number of hydrogen-bond acceptors (Lipinski definition) is 6. The predicted molar refractivity (Wildman–Crippen MR) is 67.4 cm³/mol. The van der Waals surface area contributed by atoms with Crippen molar-refractivity contribution >= 4 is 17.5 Å². The van der Waals surface area contributed by atoms with Crippen molar-refractivity contribution in [1.29, 1.82) is 0 Å². The molecule has 104 valence electrons. The molecule has 0 unspecified atom stereocenters. The molecule has 1 aromatic heterocycles. The molecule has 0 aliphatic rings. The maximum absolute atomic E-state index is 11.0. The number of nitrogens with zero attached hydrogens (tertiary/aromatic N) is 3. The monoisotopic (exact) mass is 269 g/mol. The smallest absolute Gasteiger partial charge is 0.354 e. The summed E-state index contributed by atoms with van der Waals surface area (Å²) >= 11 is 0. The van der Waals surface area contributed by atoms with Gasteiger partial charge < -0.3 is 15.1 Å². The van der Waals surface area contributed by atoms with Crippen molar-refractivity contribution in [2.45, 2.75) is 19.9 Å². The average Bonchev–Trinajstić information content (AvgIpc) is 2.34. The van der Waals surface area contributed by atoms with E-state index in [0.29, 0.717) is 0 Å². The Morgan fingerprint density at radius 2 is 2.16 bits per heavy atom.